The van der Waals surface area contributed by atoms with E-state index < -0.39 is 0 Å². The quantitative estimate of drug-likeness (QED) is 0.711. The molecule has 0 aliphatic carbocycles. The molecule has 0 amide bonds. The van der Waals surface area contributed by atoms with E-state index in [9.17, 15) is 0 Å². The van der Waals surface area contributed by atoms with Gasteiger partial charge in [0.05, 0.1) is 0 Å². The molecule has 0 radical (unpaired) electrons. The maximum atomic E-state index is 8.58. The monoisotopic (exact) mass is 213 g/mol. The van der Waals surface area contributed by atoms with Crippen molar-refractivity contribution in [3.63, 3.8) is 0 Å². The van der Waals surface area contributed by atoms with Gasteiger partial charge in [0, 0.05) is 18.2 Å². The normalized spacial score (nSPS) is 10.4. The minimum absolute atomic E-state index is 0.272. The van der Waals surface area contributed by atoms with E-state index in [0.717, 1.165) is 36.5 Å². The van der Waals surface area contributed by atoms with Crippen molar-refractivity contribution < 1.29 is 5.11 Å². The van der Waals surface area contributed by atoms with Crippen molar-refractivity contribution in [2.45, 2.75) is 19.4 Å². The standard InChI is InChI=1S/C11H16ClNO/c12-11-6-2-1-5-10(11)9-13-7-3-4-8-14/h1-2,5-6,13-14H,3-4,7-9H2. The fourth-order valence-electron chi connectivity index (χ4n) is 1.23. The largest absolute Gasteiger partial charge is 0.396 e. The van der Waals surface area contributed by atoms with Crippen LogP contribution in [-0.2, 0) is 6.54 Å². The maximum absolute atomic E-state index is 8.58. The van der Waals surface area contributed by atoms with Gasteiger partial charge in [0.25, 0.3) is 0 Å². The van der Waals surface area contributed by atoms with Gasteiger partial charge in [0.1, 0.15) is 0 Å². The number of aliphatic hydroxyl groups excluding tert-OH is 1. The highest BCUT2D eigenvalue weighted by Crippen LogP contribution is 2.14. The number of halogens is 1. The second-order valence-electron chi connectivity index (χ2n) is 3.20. The highest BCUT2D eigenvalue weighted by Gasteiger charge is 1.96. The van der Waals surface area contributed by atoms with Gasteiger partial charge in [-0.05, 0) is 31.0 Å². The molecule has 1 rings (SSSR count). The van der Waals surface area contributed by atoms with Gasteiger partial charge in [-0.2, -0.15) is 0 Å². The van der Waals surface area contributed by atoms with Crippen LogP contribution in [0.4, 0.5) is 0 Å². The first kappa shape index (κ1) is 11.5. The Morgan fingerprint density at radius 1 is 1.21 bits per heavy atom. The van der Waals surface area contributed by atoms with Crippen LogP contribution < -0.4 is 5.32 Å². The first-order valence-electron chi connectivity index (χ1n) is 4.89. The van der Waals surface area contributed by atoms with Crippen LogP contribution in [0.5, 0.6) is 0 Å². The number of benzene rings is 1. The van der Waals surface area contributed by atoms with Gasteiger partial charge in [-0.25, -0.2) is 0 Å². The summed E-state index contributed by atoms with van der Waals surface area (Å²) in [4.78, 5) is 0. The van der Waals surface area contributed by atoms with Gasteiger partial charge in [-0.15, -0.1) is 0 Å². The minimum Gasteiger partial charge on any atom is -0.396 e. The number of unbranched alkanes of at least 4 members (excludes halogenated alkanes) is 1. The van der Waals surface area contributed by atoms with Crippen molar-refractivity contribution in [1.29, 1.82) is 0 Å². The molecule has 0 aromatic heterocycles. The zero-order chi connectivity index (χ0) is 10.2. The molecule has 0 fully saturated rings. The summed E-state index contributed by atoms with van der Waals surface area (Å²) in [6, 6.07) is 7.82. The van der Waals surface area contributed by atoms with E-state index in [4.69, 9.17) is 16.7 Å². The van der Waals surface area contributed by atoms with Crippen molar-refractivity contribution in [2.24, 2.45) is 0 Å². The molecule has 0 spiro atoms. The van der Waals surface area contributed by atoms with Gasteiger partial charge >= 0.3 is 0 Å². The second kappa shape index (κ2) is 6.82. The SMILES string of the molecule is OCCCCNCc1ccccc1Cl. The Bertz CT molecular complexity index is 265. The lowest BCUT2D eigenvalue weighted by Gasteiger charge is -2.05. The molecule has 0 heterocycles. The number of nitrogens with one attached hydrogen (secondary N) is 1. The van der Waals surface area contributed by atoms with Crippen LogP contribution in [-0.4, -0.2) is 18.3 Å². The Labute approximate surface area is 89.9 Å². The van der Waals surface area contributed by atoms with Crippen LogP contribution >= 0.6 is 11.6 Å². The third kappa shape index (κ3) is 4.09. The fourth-order valence-corrected chi connectivity index (χ4v) is 1.43. The molecule has 0 saturated heterocycles. The third-order valence-electron chi connectivity index (χ3n) is 2.03. The van der Waals surface area contributed by atoms with Crippen molar-refractivity contribution in [2.75, 3.05) is 13.2 Å². The fraction of sp³-hybridized carbons (Fsp3) is 0.455. The molecule has 0 saturated carbocycles. The molecule has 14 heavy (non-hydrogen) atoms. The molecule has 1 aromatic rings. The highest BCUT2D eigenvalue weighted by molar-refractivity contribution is 6.31. The number of hydrogen-bond donors (Lipinski definition) is 2. The molecule has 3 heteroatoms. The average Bonchev–Trinajstić information content (AvgIpc) is 2.20. The van der Waals surface area contributed by atoms with Crippen LogP contribution in [0.2, 0.25) is 5.02 Å². The predicted octanol–water partition coefficient (Wildman–Crippen LogP) is 2.20. The van der Waals surface area contributed by atoms with Crippen molar-refractivity contribution in [1.82, 2.24) is 5.32 Å². The molecule has 0 bridgehead atoms. The van der Waals surface area contributed by atoms with E-state index in [1.54, 1.807) is 0 Å². The number of aliphatic hydroxyl groups is 1. The Morgan fingerprint density at radius 2 is 2.00 bits per heavy atom. The molecular formula is C11H16ClNO. The van der Waals surface area contributed by atoms with Gasteiger partial charge in [-0.1, -0.05) is 29.8 Å². The van der Waals surface area contributed by atoms with Crippen LogP contribution in [0.3, 0.4) is 0 Å². The predicted molar refractivity (Wildman–Crippen MR) is 59.5 cm³/mol. The molecule has 78 valence electrons. The lowest BCUT2D eigenvalue weighted by molar-refractivity contribution is 0.283. The van der Waals surface area contributed by atoms with Crippen LogP contribution in [0.1, 0.15) is 18.4 Å². The molecule has 2 nitrogen and oxygen atoms in total. The van der Waals surface area contributed by atoms with E-state index in [1.807, 2.05) is 24.3 Å². The molecule has 0 unspecified atom stereocenters. The smallest absolute Gasteiger partial charge is 0.0450 e. The lowest BCUT2D eigenvalue weighted by atomic mass is 10.2. The summed E-state index contributed by atoms with van der Waals surface area (Å²) in [7, 11) is 0. The summed E-state index contributed by atoms with van der Waals surface area (Å²) in [5.41, 5.74) is 1.12. The Balaban J connectivity index is 2.21. The van der Waals surface area contributed by atoms with E-state index in [2.05, 4.69) is 5.32 Å². The Hall–Kier alpha value is -0.570. The van der Waals surface area contributed by atoms with Gasteiger partial charge < -0.3 is 10.4 Å². The molecule has 0 aliphatic heterocycles. The Kier molecular flexibility index (Phi) is 5.60. The first-order chi connectivity index (χ1) is 6.84. The summed E-state index contributed by atoms with van der Waals surface area (Å²) in [6.07, 6.45) is 1.86. The average molecular weight is 214 g/mol. The van der Waals surface area contributed by atoms with E-state index in [1.165, 1.54) is 0 Å². The van der Waals surface area contributed by atoms with E-state index in [-0.39, 0.29) is 6.61 Å². The van der Waals surface area contributed by atoms with Crippen LogP contribution in [0.25, 0.3) is 0 Å². The second-order valence-corrected chi connectivity index (χ2v) is 3.61. The molecular weight excluding hydrogens is 198 g/mol. The van der Waals surface area contributed by atoms with Gasteiger partial charge in [-0.3, -0.25) is 0 Å². The molecule has 0 aliphatic rings. The minimum atomic E-state index is 0.272. The molecule has 0 atom stereocenters. The molecule has 2 N–H and O–H groups in total. The maximum Gasteiger partial charge on any atom is 0.0450 e. The van der Waals surface area contributed by atoms with Crippen molar-refractivity contribution in [3.8, 4) is 0 Å². The zero-order valence-electron chi connectivity index (χ0n) is 8.17. The number of hydrogen-bond acceptors (Lipinski definition) is 2. The van der Waals surface area contributed by atoms with Crippen molar-refractivity contribution >= 4 is 11.6 Å². The summed E-state index contributed by atoms with van der Waals surface area (Å²) >= 11 is 5.98. The lowest BCUT2D eigenvalue weighted by Crippen LogP contribution is -2.15. The molecule has 1 aromatic carbocycles. The zero-order valence-corrected chi connectivity index (χ0v) is 8.93. The number of rotatable bonds is 6. The Morgan fingerprint density at radius 3 is 2.71 bits per heavy atom. The summed E-state index contributed by atoms with van der Waals surface area (Å²) in [6.45, 7) is 1.99. The topological polar surface area (TPSA) is 32.3 Å². The summed E-state index contributed by atoms with van der Waals surface area (Å²) in [5.74, 6) is 0. The van der Waals surface area contributed by atoms with E-state index >= 15 is 0 Å². The highest BCUT2D eigenvalue weighted by atomic mass is 35.5. The summed E-state index contributed by atoms with van der Waals surface area (Å²) < 4.78 is 0. The van der Waals surface area contributed by atoms with Gasteiger partial charge in [0.15, 0.2) is 0 Å². The first-order valence-corrected chi connectivity index (χ1v) is 5.27. The van der Waals surface area contributed by atoms with Gasteiger partial charge in [0.2, 0.25) is 0 Å². The van der Waals surface area contributed by atoms with E-state index in [0.29, 0.717) is 0 Å². The van der Waals surface area contributed by atoms with Crippen LogP contribution in [0.15, 0.2) is 24.3 Å². The van der Waals surface area contributed by atoms with Crippen molar-refractivity contribution in [3.05, 3.63) is 34.9 Å². The third-order valence-corrected chi connectivity index (χ3v) is 2.40. The summed E-state index contributed by atoms with van der Waals surface area (Å²) in [5, 5.41) is 12.7. The van der Waals surface area contributed by atoms with Crippen LogP contribution in [0, 0.1) is 0 Å².